The van der Waals surface area contributed by atoms with Gasteiger partial charge in [-0.05, 0) is 30.7 Å². The summed E-state index contributed by atoms with van der Waals surface area (Å²) in [5.41, 5.74) is 1.08. The van der Waals surface area contributed by atoms with Crippen LogP contribution in [0.5, 0.6) is 11.5 Å². The second-order valence-electron chi connectivity index (χ2n) is 4.22. The van der Waals surface area contributed by atoms with Crippen molar-refractivity contribution < 1.29 is 15.0 Å². The molecule has 1 heterocycles. The van der Waals surface area contributed by atoms with Crippen LogP contribution in [0.3, 0.4) is 0 Å². The summed E-state index contributed by atoms with van der Waals surface area (Å²) in [5, 5.41) is 21.4. The molecule has 0 saturated heterocycles. The van der Waals surface area contributed by atoms with E-state index in [0.717, 1.165) is 5.56 Å². The Balaban J connectivity index is 2.11. The normalized spacial score (nSPS) is 11.8. The quantitative estimate of drug-likeness (QED) is 0.786. The zero-order chi connectivity index (χ0) is 13.8. The van der Waals surface area contributed by atoms with E-state index in [9.17, 15) is 15.0 Å². The van der Waals surface area contributed by atoms with Gasteiger partial charge in [-0.15, -0.1) is 0 Å². The number of phenolic OH excluding ortho intramolecular Hbond substituents is 1. The highest BCUT2D eigenvalue weighted by molar-refractivity contribution is 5.94. The fraction of sp³-hybridized carbons (Fsp3) is 0.143. The molecule has 2 aromatic rings. The van der Waals surface area contributed by atoms with Crippen LogP contribution in [-0.2, 0) is 0 Å². The molecule has 19 heavy (non-hydrogen) atoms. The van der Waals surface area contributed by atoms with Gasteiger partial charge in [-0.25, -0.2) is 0 Å². The molecular weight excluding hydrogens is 244 g/mol. The van der Waals surface area contributed by atoms with Gasteiger partial charge in [-0.3, -0.25) is 9.78 Å². The fourth-order valence-corrected chi connectivity index (χ4v) is 1.71. The Bertz CT molecular complexity index is 599. The second kappa shape index (κ2) is 5.39. The SMILES string of the molecule is CC(NC(=O)c1cncc(O)c1)c1cccc(O)c1. The first-order valence-corrected chi connectivity index (χ1v) is 5.80. The molecule has 1 atom stereocenters. The van der Waals surface area contributed by atoms with Crippen molar-refractivity contribution in [1.29, 1.82) is 0 Å². The van der Waals surface area contributed by atoms with Crippen molar-refractivity contribution in [2.45, 2.75) is 13.0 Å². The van der Waals surface area contributed by atoms with Crippen LogP contribution in [0.15, 0.2) is 42.7 Å². The Labute approximate surface area is 110 Å². The molecule has 0 bridgehead atoms. The van der Waals surface area contributed by atoms with Crippen LogP contribution in [0.1, 0.15) is 28.9 Å². The highest BCUT2D eigenvalue weighted by atomic mass is 16.3. The highest BCUT2D eigenvalue weighted by Gasteiger charge is 2.12. The minimum Gasteiger partial charge on any atom is -0.508 e. The number of aromatic hydroxyl groups is 2. The summed E-state index contributed by atoms with van der Waals surface area (Å²) in [6.45, 7) is 1.81. The van der Waals surface area contributed by atoms with Crippen molar-refractivity contribution in [3.05, 3.63) is 53.9 Å². The van der Waals surface area contributed by atoms with Gasteiger partial charge >= 0.3 is 0 Å². The number of nitrogens with one attached hydrogen (secondary N) is 1. The Morgan fingerprint density at radius 1 is 1.21 bits per heavy atom. The molecule has 0 saturated carbocycles. The summed E-state index contributed by atoms with van der Waals surface area (Å²) in [6.07, 6.45) is 2.64. The Morgan fingerprint density at radius 3 is 2.68 bits per heavy atom. The Morgan fingerprint density at radius 2 is 2.00 bits per heavy atom. The summed E-state index contributed by atoms with van der Waals surface area (Å²) in [6, 6.07) is 7.76. The zero-order valence-electron chi connectivity index (χ0n) is 10.4. The predicted molar refractivity (Wildman–Crippen MR) is 69.9 cm³/mol. The van der Waals surface area contributed by atoms with E-state index in [1.165, 1.54) is 18.5 Å². The number of carbonyl (C=O) groups excluding carboxylic acids is 1. The number of pyridine rings is 1. The van der Waals surface area contributed by atoms with Crippen LogP contribution < -0.4 is 5.32 Å². The maximum absolute atomic E-state index is 11.9. The van der Waals surface area contributed by atoms with Crippen molar-refractivity contribution in [3.63, 3.8) is 0 Å². The third kappa shape index (κ3) is 3.22. The molecule has 0 aliphatic heterocycles. The van der Waals surface area contributed by atoms with E-state index in [1.807, 2.05) is 13.0 Å². The number of amides is 1. The van der Waals surface area contributed by atoms with Crippen molar-refractivity contribution >= 4 is 5.91 Å². The number of carbonyl (C=O) groups is 1. The van der Waals surface area contributed by atoms with Crippen LogP contribution in [0.25, 0.3) is 0 Å². The van der Waals surface area contributed by atoms with E-state index < -0.39 is 0 Å². The molecule has 1 aromatic heterocycles. The van der Waals surface area contributed by atoms with Crippen molar-refractivity contribution in [2.24, 2.45) is 0 Å². The van der Waals surface area contributed by atoms with Gasteiger partial charge in [-0.1, -0.05) is 12.1 Å². The lowest BCUT2D eigenvalue weighted by atomic mass is 10.1. The van der Waals surface area contributed by atoms with Crippen LogP contribution in [0.4, 0.5) is 0 Å². The van der Waals surface area contributed by atoms with Gasteiger partial charge in [0.05, 0.1) is 17.8 Å². The molecule has 0 spiro atoms. The molecule has 0 fully saturated rings. The number of hydrogen-bond donors (Lipinski definition) is 3. The Kier molecular flexibility index (Phi) is 3.66. The third-order valence-electron chi connectivity index (χ3n) is 2.70. The summed E-state index contributed by atoms with van der Waals surface area (Å²) in [5.74, 6) is -0.241. The predicted octanol–water partition coefficient (Wildman–Crippen LogP) is 1.98. The van der Waals surface area contributed by atoms with Crippen LogP contribution in [0.2, 0.25) is 0 Å². The third-order valence-corrected chi connectivity index (χ3v) is 2.70. The largest absolute Gasteiger partial charge is 0.508 e. The first-order chi connectivity index (χ1) is 9.06. The second-order valence-corrected chi connectivity index (χ2v) is 4.22. The summed E-state index contributed by atoms with van der Waals surface area (Å²) in [4.78, 5) is 15.7. The minimum absolute atomic E-state index is 0.0577. The lowest BCUT2D eigenvalue weighted by Crippen LogP contribution is -2.26. The zero-order valence-corrected chi connectivity index (χ0v) is 10.4. The topological polar surface area (TPSA) is 82.5 Å². The number of nitrogens with zero attached hydrogens (tertiary/aromatic N) is 1. The molecule has 5 nitrogen and oxygen atoms in total. The molecule has 0 aliphatic carbocycles. The molecule has 1 aromatic carbocycles. The molecule has 2 rings (SSSR count). The maximum atomic E-state index is 11.9. The van der Waals surface area contributed by atoms with E-state index in [4.69, 9.17) is 0 Å². The van der Waals surface area contributed by atoms with Crippen molar-refractivity contribution in [2.75, 3.05) is 0 Å². The standard InChI is InChI=1S/C14H14N2O3/c1-9(10-3-2-4-12(17)5-10)16-14(19)11-6-13(18)8-15-7-11/h2-9,17-18H,1H3,(H,16,19). The monoisotopic (exact) mass is 258 g/mol. The van der Waals surface area contributed by atoms with Crippen LogP contribution in [-0.4, -0.2) is 21.1 Å². The molecule has 0 aliphatic rings. The number of benzene rings is 1. The molecular formula is C14H14N2O3. The van der Waals surface area contributed by atoms with Crippen molar-refractivity contribution in [1.82, 2.24) is 10.3 Å². The molecule has 5 heteroatoms. The molecule has 98 valence electrons. The van der Waals surface area contributed by atoms with Gasteiger partial charge < -0.3 is 15.5 Å². The number of aromatic nitrogens is 1. The first kappa shape index (κ1) is 12.9. The summed E-state index contributed by atoms with van der Waals surface area (Å²) in [7, 11) is 0. The molecule has 3 N–H and O–H groups in total. The lowest BCUT2D eigenvalue weighted by Gasteiger charge is -2.14. The van der Waals surface area contributed by atoms with E-state index in [-0.39, 0.29) is 29.0 Å². The summed E-state index contributed by atoms with van der Waals surface area (Å²) < 4.78 is 0. The van der Waals surface area contributed by atoms with Crippen LogP contribution >= 0.6 is 0 Å². The maximum Gasteiger partial charge on any atom is 0.253 e. The van der Waals surface area contributed by atoms with E-state index >= 15 is 0 Å². The average molecular weight is 258 g/mol. The van der Waals surface area contributed by atoms with Crippen LogP contribution in [0, 0.1) is 0 Å². The fourth-order valence-electron chi connectivity index (χ4n) is 1.71. The number of hydrogen-bond acceptors (Lipinski definition) is 4. The number of phenols is 1. The minimum atomic E-state index is -0.334. The molecule has 1 unspecified atom stereocenters. The van der Waals surface area contributed by atoms with E-state index in [2.05, 4.69) is 10.3 Å². The van der Waals surface area contributed by atoms with Gasteiger partial charge in [0.25, 0.3) is 5.91 Å². The van der Waals surface area contributed by atoms with Gasteiger partial charge in [-0.2, -0.15) is 0 Å². The highest BCUT2D eigenvalue weighted by Crippen LogP contribution is 2.18. The van der Waals surface area contributed by atoms with Gasteiger partial charge in [0.1, 0.15) is 11.5 Å². The lowest BCUT2D eigenvalue weighted by molar-refractivity contribution is 0.0939. The smallest absolute Gasteiger partial charge is 0.253 e. The number of rotatable bonds is 3. The van der Waals surface area contributed by atoms with E-state index in [1.54, 1.807) is 18.2 Å². The first-order valence-electron chi connectivity index (χ1n) is 5.80. The van der Waals surface area contributed by atoms with Gasteiger partial charge in [0, 0.05) is 6.20 Å². The van der Waals surface area contributed by atoms with Gasteiger partial charge in [0.15, 0.2) is 0 Å². The summed E-state index contributed by atoms with van der Waals surface area (Å²) >= 11 is 0. The molecule has 0 radical (unpaired) electrons. The Hall–Kier alpha value is -2.56. The van der Waals surface area contributed by atoms with Crippen molar-refractivity contribution in [3.8, 4) is 11.5 Å². The van der Waals surface area contributed by atoms with Gasteiger partial charge in [0.2, 0.25) is 0 Å². The average Bonchev–Trinajstić information content (AvgIpc) is 2.38. The molecule has 1 amide bonds. The van der Waals surface area contributed by atoms with E-state index in [0.29, 0.717) is 0 Å².